The number of amides is 1. The highest BCUT2D eigenvalue weighted by Crippen LogP contribution is 2.19. The van der Waals surface area contributed by atoms with Crippen LogP contribution in [0.4, 0.5) is 5.95 Å². The molecule has 0 aliphatic carbocycles. The van der Waals surface area contributed by atoms with E-state index >= 15 is 0 Å². The number of aromatic nitrogens is 4. The van der Waals surface area contributed by atoms with Crippen LogP contribution in [0.2, 0.25) is 0 Å². The van der Waals surface area contributed by atoms with E-state index in [2.05, 4.69) is 20.5 Å². The number of nitrogens with one attached hydrogen (secondary N) is 2. The Kier molecular flexibility index (Phi) is 4.33. The zero-order valence-electron chi connectivity index (χ0n) is 15.1. The number of carbonyl (C=O) groups is 1. The third kappa shape index (κ3) is 3.39. The van der Waals surface area contributed by atoms with Gasteiger partial charge in [0.15, 0.2) is 0 Å². The fraction of sp³-hybridized carbons (Fsp3) is 0.150. The fourth-order valence-electron chi connectivity index (χ4n) is 3.04. The number of carbonyl (C=O) groups excluding carboxylic acids is 1. The van der Waals surface area contributed by atoms with E-state index in [9.17, 15) is 4.79 Å². The van der Waals surface area contributed by atoms with Crippen molar-refractivity contribution in [2.75, 3.05) is 12.4 Å². The summed E-state index contributed by atoms with van der Waals surface area (Å²) >= 11 is 0. The van der Waals surface area contributed by atoms with Gasteiger partial charge >= 0.3 is 0 Å². The van der Waals surface area contributed by atoms with Crippen LogP contribution in [0.5, 0.6) is 5.75 Å². The number of methoxy groups -OCH3 is 1. The predicted molar refractivity (Wildman–Crippen MR) is 103 cm³/mol. The van der Waals surface area contributed by atoms with E-state index in [4.69, 9.17) is 4.74 Å². The normalized spacial score (nSPS) is 10.9. The first-order valence-corrected chi connectivity index (χ1v) is 8.54. The maximum Gasteiger partial charge on any atom is 0.274 e. The van der Waals surface area contributed by atoms with Crippen LogP contribution in [-0.4, -0.2) is 32.8 Å². The Labute approximate surface area is 156 Å². The predicted octanol–water partition coefficient (Wildman–Crippen LogP) is 3.15. The first-order chi connectivity index (χ1) is 13.1. The Morgan fingerprint density at radius 1 is 1.19 bits per heavy atom. The van der Waals surface area contributed by atoms with E-state index in [0.29, 0.717) is 17.9 Å². The molecule has 27 heavy (non-hydrogen) atoms. The summed E-state index contributed by atoms with van der Waals surface area (Å²) in [7, 11) is 3.50. The molecule has 0 aliphatic rings. The van der Waals surface area contributed by atoms with E-state index in [1.54, 1.807) is 7.11 Å². The summed E-state index contributed by atoms with van der Waals surface area (Å²) < 4.78 is 7.01. The summed E-state index contributed by atoms with van der Waals surface area (Å²) in [6, 6.07) is 17.4. The number of hydrogen-bond donors (Lipinski definition) is 2. The van der Waals surface area contributed by atoms with Crippen molar-refractivity contribution in [1.82, 2.24) is 19.7 Å². The van der Waals surface area contributed by atoms with Crippen molar-refractivity contribution < 1.29 is 9.53 Å². The quantitative estimate of drug-likeness (QED) is 0.572. The molecular weight excluding hydrogens is 342 g/mol. The van der Waals surface area contributed by atoms with Gasteiger partial charge < -0.3 is 9.30 Å². The molecule has 136 valence electrons. The van der Waals surface area contributed by atoms with Gasteiger partial charge in [0.2, 0.25) is 5.95 Å². The van der Waals surface area contributed by atoms with Crippen molar-refractivity contribution in [2.45, 2.75) is 6.42 Å². The van der Waals surface area contributed by atoms with E-state index < -0.39 is 0 Å². The summed E-state index contributed by atoms with van der Waals surface area (Å²) in [5.74, 6) is 1.49. The second-order valence-corrected chi connectivity index (χ2v) is 6.23. The summed E-state index contributed by atoms with van der Waals surface area (Å²) in [6.07, 6.45) is 0.584. The molecule has 0 saturated carbocycles. The van der Waals surface area contributed by atoms with Crippen molar-refractivity contribution in [3.05, 3.63) is 71.7 Å². The lowest BCUT2D eigenvalue weighted by atomic mass is 10.1. The molecule has 0 spiro atoms. The van der Waals surface area contributed by atoms with Crippen molar-refractivity contribution in [3.63, 3.8) is 0 Å². The van der Waals surface area contributed by atoms with Gasteiger partial charge in [-0.2, -0.15) is 4.98 Å². The van der Waals surface area contributed by atoms with Crippen LogP contribution in [0.1, 0.15) is 21.9 Å². The zero-order chi connectivity index (χ0) is 18.8. The topological polar surface area (TPSA) is 84.8 Å². The summed E-state index contributed by atoms with van der Waals surface area (Å²) in [6.45, 7) is 0. The van der Waals surface area contributed by atoms with Crippen molar-refractivity contribution in [1.29, 1.82) is 0 Å². The lowest BCUT2D eigenvalue weighted by molar-refractivity contribution is 0.101. The van der Waals surface area contributed by atoms with Gasteiger partial charge in [0.1, 0.15) is 17.3 Å². The van der Waals surface area contributed by atoms with E-state index in [1.165, 1.54) is 0 Å². The van der Waals surface area contributed by atoms with Gasteiger partial charge in [-0.1, -0.05) is 30.3 Å². The highest BCUT2D eigenvalue weighted by molar-refractivity contribution is 6.05. The molecule has 2 N–H and O–H groups in total. The van der Waals surface area contributed by atoms with Gasteiger partial charge in [0.05, 0.1) is 7.11 Å². The van der Waals surface area contributed by atoms with Crippen LogP contribution in [0, 0.1) is 0 Å². The zero-order valence-corrected chi connectivity index (χ0v) is 15.1. The standard InChI is InChI=1S/C20H19N5O2/c1-25-16-6-4-3-5-14(16)12-17(25)19(26)22-20-21-18(23-24-20)11-13-7-9-15(27-2)10-8-13/h3-10,12H,11H2,1-2H3,(H2,21,22,23,24,26). The largest absolute Gasteiger partial charge is 0.497 e. The maximum absolute atomic E-state index is 12.6. The molecule has 2 aromatic carbocycles. The first kappa shape index (κ1) is 16.8. The minimum Gasteiger partial charge on any atom is -0.497 e. The Morgan fingerprint density at radius 2 is 1.96 bits per heavy atom. The number of aryl methyl sites for hydroxylation is 1. The van der Waals surface area contributed by atoms with Crippen molar-refractivity contribution in [3.8, 4) is 5.75 Å². The molecule has 0 saturated heterocycles. The van der Waals surface area contributed by atoms with E-state index in [1.807, 2.05) is 66.2 Å². The number of nitrogens with zero attached hydrogens (tertiary/aromatic N) is 3. The van der Waals surface area contributed by atoms with Gasteiger partial charge in [-0.3, -0.25) is 15.2 Å². The molecule has 0 fully saturated rings. The number of benzene rings is 2. The van der Waals surface area contributed by atoms with Gasteiger partial charge in [0, 0.05) is 24.4 Å². The SMILES string of the molecule is COc1ccc(Cc2nc(NC(=O)c3cc4ccccc4n3C)n[nH]2)cc1. The molecule has 2 aromatic heterocycles. The molecule has 0 aliphatic heterocycles. The van der Waals surface area contributed by atoms with Crippen molar-refractivity contribution in [2.24, 2.45) is 7.05 Å². The fourth-order valence-corrected chi connectivity index (χ4v) is 3.04. The second kappa shape index (κ2) is 6.95. The number of hydrogen-bond acceptors (Lipinski definition) is 4. The Bertz CT molecular complexity index is 1100. The van der Waals surface area contributed by atoms with Crippen LogP contribution < -0.4 is 10.1 Å². The lowest BCUT2D eigenvalue weighted by Gasteiger charge is -2.03. The number of fused-ring (bicyclic) bond motifs is 1. The smallest absolute Gasteiger partial charge is 0.274 e. The van der Waals surface area contributed by atoms with Crippen LogP contribution in [0.3, 0.4) is 0 Å². The Balaban J connectivity index is 1.48. The average Bonchev–Trinajstić information content (AvgIpc) is 3.27. The Morgan fingerprint density at radius 3 is 2.70 bits per heavy atom. The Hall–Kier alpha value is -3.61. The number of para-hydroxylation sites is 1. The van der Waals surface area contributed by atoms with E-state index in [-0.39, 0.29) is 11.9 Å². The summed E-state index contributed by atoms with van der Waals surface area (Å²) in [5, 5.41) is 10.7. The highest BCUT2D eigenvalue weighted by atomic mass is 16.5. The minimum atomic E-state index is -0.247. The number of H-pyrrole nitrogens is 1. The van der Waals surface area contributed by atoms with Gasteiger partial charge in [-0.05, 0) is 29.8 Å². The first-order valence-electron chi connectivity index (χ1n) is 8.54. The maximum atomic E-state index is 12.6. The van der Waals surface area contributed by atoms with Crippen LogP contribution >= 0.6 is 0 Å². The molecular formula is C20H19N5O2. The molecule has 2 heterocycles. The number of anilines is 1. The molecule has 7 nitrogen and oxygen atoms in total. The van der Waals surface area contributed by atoms with Crippen molar-refractivity contribution >= 4 is 22.8 Å². The average molecular weight is 361 g/mol. The number of ether oxygens (including phenoxy) is 1. The summed E-state index contributed by atoms with van der Waals surface area (Å²) in [5.41, 5.74) is 2.62. The van der Waals surface area contributed by atoms with Crippen LogP contribution in [-0.2, 0) is 13.5 Å². The molecule has 4 rings (SSSR count). The molecule has 0 radical (unpaired) electrons. The molecule has 1 amide bonds. The molecule has 0 unspecified atom stereocenters. The van der Waals surface area contributed by atoms with Gasteiger partial charge in [0.25, 0.3) is 5.91 Å². The summed E-state index contributed by atoms with van der Waals surface area (Å²) in [4.78, 5) is 17.0. The lowest BCUT2D eigenvalue weighted by Crippen LogP contribution is -2.16. The van der Waals surface area contributed by atoms with Crippen LogP contribution in [0.15, 0.2) is 54.6 Å². The number of aromatic amines is 1. The van der Waals surface area contributed by atoms with Gasteiger partial charge in [-0.15, -0.1) is 5.10 Å². The second-order valence-electron chi connectivity index (χ2n) is 6.23. The van der Waals surface area contributed by atoms with Gasteiger partial charge in [-0.25, -0.2) is 0 Å². The van der Waals surface area contributed by atoms with Crippen LogP contribution in [0.25, 0.3) is 10.9 Å². The number of rotatable bonds is 5. The molecule has 7 heteroatoms. The molecule has 0 atom stereocenters. The molecule has 4 aromatic rings. The monoisotopic (exact) mass is 361 g/mol. The third-order valence-electron chi connectivity index (χ3n) is 4.47. The molecule has 0 bridgehead atoms. The minimum absolute atomic E-state index is 0.247. The third-order valence-corrected chi connectivity index (χ3v) is 4.47. The highest BCUT2D eigenvalue weighted by Gasteiger charge is 2.15. The van der Waals surface area contributed by atoms with E-state index in [0.717, 1.165) is 22.2 Å².